The Labute approximate surface area is 162 Å². The van der Waals surface area contributed by atoms with E-state index in [-0.39, 0.29) is 0 Å². The van der Waals surface area contributed by atoms with Gasteiger partial charge in [0.25, 0.3) is 0 Å². The molecule has 1 fully saturated rings. The summed E-state index contributed by atoms with van der Waals surface area (Å²) in [6.45, 7) is 8.00. The standard InChI is InChI=1S/C18H20N4O.2C2H6/c1-3-7-14(8-4-1)13-17-20-19-16-11-12-18(21-22(16)17)23-15-9-5-2-6-10-15;2*1-2/h1,3-4,7-8,11-12,15H,2,5-6,9-10,13H2;2*1-2H3. The van der Waals surface area contributed by atoms with Crippen LogP contribution in [-0.2, 0) is 6.42 Å². The summed E-state index contributed by atoms with van der Waals surface area (Å²) in [4.78, 5) is 0. The van der Waals surface area contributed by atoms with Crippen molar-refractivity contribution in [2.45, 2.75) is 72.3 Å². The molecule has 0 radical (unpaired) electrons. The van der Waals surface area contributed by atoms with Crippen LogP contribution in [0, 0.1) is 0 Å². The van der Waals surface area contributed by atoms with Gasteiger partial charge in [0.15, 0.2) is 11.5 Å². The van der Waals surface area contributed by atoms with Gasteiger partial charge in [0.2, 0.25) is 5.88 Å². The summed E-state index contributed by atoms with van der Waals surface area (Å²) in [5, 5.41) is 13.1. The highest BCUT2D eigenvalue weighted by molar-refractivity contribution is 5.38. The second-order valence-electron chi connectivity index (χ2n) is 6.10. The molecule has 0 N–H and O–H groups in total. The summed E-state index contributed by atoms with van der Waals surface area (Å²) in [5.74, 6) is 1.50. The van der Waals surface area contributed by atoms with Gasteiger partial charge in [-0.3, -0.25) is 0 Å². The molecular weight excluding hydrogens is 336 g/mol. The second-order valence-corrected chi connectivity index (χ2v) is 6.10. The normalized spacial score (nSPS) is 13.9. The summed E-state index contributed by atoms with van der Waals surface area (Å²) >= 11 is 0. The predicted octanol–water partition coefficient (Wildman–Crippen LogP) is 5.48. The molecule has 0 aliphatic heterocycles. The highest BCUT2D eigenvalue weighted by Crippen LogP contribution is 2.22. The van der Waals surface area contributed by atoms with E-state index in [2.05, 4.69) is 27.4 Å². The van der Waals surface area contributed by atoms with Crippen molar-refractivity contribution in [1.82, 2.24) is 19.8 Å². The van der Waals surface area contributed by atoms with Gasteiger partial charge in [-0.2, -0.15) is 4.52 Å². The van der Waals surface area contributed by atoms with Crippen LogP contribution in [0.25, 0.3) is 5.65 Å². The van der Waals surface area contributed by atoms with E-state index in [1.807, 2.05) is 58.0 Å². The van der Waals surface area contributed by atoms with E-state index in [4.69, 9.17) is 4.74 Å². The lowest BCUT2D eigenvalue weighted by molar-refractivity contribution is 0.146. The molecule has 2 heterocycles. The Balaban J connectivity index is 0.000000614. The van der Waals surface area contributed by atoms with Crippen LogP contribution < -0.4 is 4.74 Å². The molecule has 0 atom stereocenters. The molecule has 1 aliphatic carbocycles. The van der Waals surface area contributed by atoms with Gasteiger partial charge in [0.1, 0.15) is 6.10 Å². The molecule has 1 aliphatic rings. The average molecular weight is 369 g/mol. The fourth-order valence-electron chi connectivity index (χ4n) is 3.12. The van der Waals surface area contributed by atoms with Gasteiger partial charge in [-0.15, -0.1) is 15.3 Å². The van der Waals surface area contributed by atoms with Crippen LogP contribution in [0.15, 0.2) is 42.5 Å². The largest absolute Gasteiger partial charge is 0.473 e. The Bertz CT molecular complexity index is 779. The zero-order chi connectivity index (χ0) is 19.5. The van der Waals surface area contributed by atoms with Crippen molar-refractivity contribution in [3.05, 3.63) is 53.9 Å². The first-order valence-corrected chi connectivity index (χ1v) is 10.3. The zero-order valence-electron chi connectivity index (χ0n) is 17.1. The molecule has 0 saturated heterocycles. The molecule has 2 aromatic heterocycles. The van der Waals surface area contributed by atoms with Gasteiger partial charge < -0.3 is 4.74 Å². The van der Waals surface area contributed by atoms with Crippen molar-refractivity contribution < 1.29 is 4.74 Å². The highest BCUT2D eigenvalue weighted by Gasteiger charge is 2.16. The van der Waals surface area contributed by atoms with E-state index >= 15 is 0 Å². The van der Waals surface area contributed by atoms with Crippen LogP contribution in [0.3, 0.4) is 0 Å². The molecule has 0 amide bonds. The quantitative estimate of drug-likeness (QED) is 0.612. The van der Waals surface area contributed by atoms with Crippen LogP contribution >= 0.6 is 0 Å². The van der Waals surface area contributed by atoms with Crippen LogP contribution in [0.4, 0.5) is 0 Å². The number of benzene rings is 1. The first kappa shape index (κ1) is 20.9. The second kappa shape index (κ2) is 11.3. The number of hydrogen-bond acceptors (Lipinski definition) is 4. The monoisotopic (exact) mass is 368 g/mol. The van der Waals surface area contributed by atoms with Gasteiger partial charge in [-0.05, 0) is 37.3 Å². The molecule has 5 nitrogen and oxygen atoms in total. The third-order valence-electron chi connectivity index (χ3n) is 4.35. The maximum Gasteiger partial charge on any atom is 0.232 e. The molecule has 0 spiro atoms. The average Bonchev–Trinajstić information content (AvgIpc) is 3.15. The first-order chi connectivity index (χ1) is 13.4. The fourth-order valence-corrected chi connectivity index (χ4v) is 3.12. The van der Waals surface area contributed by atoms with Gasteiger partial charge in [0, 0.05) is 12.5 Å². The molecule has 3 aromatic rings. The van der Waals surface area contributed by atoms with Crippen molar-refractivity contribution in [1.29, 1.82) is 0 Å². The minimum Gasteiger partial charge on any atom is -0.473 e. The smallest absolute Gasteiger partial charge is 0.232 e. The Kier molecular flexibility index (Phi) is 8.75. The molecule has 27 heavy (non-hydrogen) atoms. The van der Waals surface area contributed by atoms with Crippen LogP contribution in [0.5, 0.6) is 5.88 Å². The number of hydrogen-bond donors (Lipinski definition) is 0. The topological polar surface area (TPSA) is 52.3 Å². The van der Waals surface area contributed by atoms with Gasteiger partial charge in [-0.25, -0.2) is 0 Å². The maximum atomic E-state index is 6.05. The predicted molar refractivity (Wildman–Crippen MR) is 110 cm³/mol. The summed E-state index contributed by atoms with van der Waals surface area (Å²) in [7, 11) is 0. The minimum atomic E-state index is 0.294. The summed E-state index contributed by atoms with van der Waals surface area (Å²) in [5.41, 5.74) is 1.95. The molecular formula is C22H32N4O. The van der Waals surface area contributed by atoms with Crippen molar-refractivity contribution in [3.8, 4) is 5.88 Å². The molecule has 0 bridgehead atoms. The van der Waals surface area contributed by atoms with Crippen LogP contribution in [0.1, 0.15) is 71.2 Å². The number of rotatable bonds is 4. The molecule has 1 saturated carbocycles. The lowest BCUT2D eigenvalue weighted by Gasteiger charge is -2.22. The summed E-state index contributed by atoms with van der Waals surface area (Å²) in [6, 6.07) is 14.1. The molecule has 5 heteroatoms. The zero-order valence-corrected chi connectivity index (χ0v) is 17.1. The fraction of sp³-hybridized carbons (Fsp3) is 0.500. The van der Waals surface area contributed by atoms with Gasteiger partial charge in [-0.1, -0.05) is 64.4 Å². The van der Waals surface area contributed by atoms with Gasteiger partial charge >= 0.3 is 0 Å². The van der Waals surface area contributed by atoms with Crippen molar-refractivity contribution in [3.63, 3.8) is 0 Å². The van der Waals surface area contributed by atoms with Gasteiger partial charge in [0.05, 0.1) is 0 Å². The Morgan fingerprint density at radius 3 is 2.30 bits per heavy atom. The Hall–Kier alpha value is -2.43. The van der Waals surface area contributed by atoms with E-state index in [1.165, 1.54) is 24.8 Å². The molecule has 4 rings (SSSR count). The van der Waals surface area contributed by atoms with E-state index in [0.29, 0.717) is 18.4 Å². The van der Waals surface area contributed by atoms with E-state index in [1.54, 1.807) is 4.52 Å². The minimum absolute atomic E-state index is 0.294. The number of nitrogens with zero attached hydrogens (tertiary/aromatic N) is 4. The Morgan fingerprint density at radius 1 is 0.889 bits per heavy atom. The Morgan fingerprint density at radius 2 is 1.59 bits per heavy atom. The van der Waals surface area contributed by atoms with Crippen LogP contribution in [-0.4, -0.2) is 25.9 Å². The molecule has 146 valence electrons. The lowest BCUT2D eigenvalue weighted by atomic mass is 9.98. The van der Waals surface area contributed by atoms with Crippen molar-refractivity contribution in [2.75, 3.05) is 0 Å². The van der Waals surface area contributed by atoms with Crippen molar-refractivity contribution >= 4 is 5.65 Å². The SMILES string of the molecule is CC.CC.c1ccc(Cc2nnc3ccc(OC4CCCCC4)nn23)cc1. The summed E-state index contributed by atoms with van der Waals surface area (Å²) < 4.78 is 7.85. The van der Waals surface area contributed by atoms with E-state index in [9.17, 15) is 0 Å². The lowest BCUT2D eigenvalue weighted by Crippen LogP contribution is -2.20. The molecule has 1 aromatic carbocycles. The number of fused-ring (bicyclic) bond motifs is 1. The van der Waals surface area contributed by atoms with Crippen molar-refractivity contribution in [2.24, 2.45) is 0 Å². The van der Waals surface area contributed by atoms with E-state index < -0.39 is 0 Å². The number of ether oxygens (including phenoxy) is 1. The summed E-state index contributed by atoms with van der Waals surface area (Å²) in [6.07, 6.45) is 7.07. The third kappa shape index (κ3) is 5.78. The molecule has 0 unspecified atom stereocenters. The third-order valence-corrected chi connectivity index (χ3v) is 4.35. The van der Waals surface area contributed by atoms with E-state index in [0.717, 1.165) is 24.3 Å². The van der Waals surface area contributed by atoms with Crippen LogP contribution in [0.2, 0.25) is 0 Å². The highest BCUT2D eigenvalue weighted by atomic mass is 16.5. The first-order valence-electron chi connectivity index (χ1n) is 10.3. The number of aromatic nitrogens is 4. The maximum absolute atomic E-state index is 6.05.